The lowest BCUT2D eigenvalue weighted by molar-refractivity contribution is -0.144. The third kappa shape index (κ3) is 5.84. The van der Waals surface area contributed by atoms with Gasteiger partial charge in [0.15, 0.2) is 11.5 Å². The fourth-order valence-corrected chi connectivity index (χ4v) is 7.53. The molecule has 2 atom stereocenters. The summed E-state index contributed by atoms with van der Waals surface area (Å²) >= 11 is 8.27. The van der Waals surface area contributed by atoms with Crippen molar-refractivity contribution in [3.63, 3.8) is 0 Å². The largest absolute Gasteiger partial charge is 0.493 e. The number of likely N-dealkylation sites (tertiary alicyclic amines) is 1. The van der Waals surface area contributed by atoms with Gasteiger partial charge in [0.05, 0.1) is 37.0 Å². The standard InChI is InChI=1S/C31H35ClN2O5S/c1-4-39-29(36)17-20-12-15-33(16-13-20)28(35)19-27-25-8-6-14-34(25)24-11-10-21(32)18-23(24)31(40-27)22-7-5-9-26(37-2)30(22)38-3/h5-11,14,18,20,27,31H,4,12-13,15-17,19H2,1-3H3/t27-,31-/m1/s1. The number of nitrogens with zero attached hydrogens (tertiary/aromatic N) is 2. The Morgan fingerprint density at radius 1 is 1.00 bits per heavy atom. The molecular weight excluding hydrogens is 548 g/mol. The fourth-order valence-electron chi connectivity index (χ4n) is 5.78. The van der Waals surface area contributed by atoms with E-state index in [-0.39, 0.29) is 28.3 Å². The van der Waals surface area contributed by atoms with Crippen molar-refractivity contribution in [1.29, 1.82) is 0 Å². The van der Waals surface area contributed by atoms with E-state index in [0.29, 0.717) is 49.1 Å². The molecule has 40 heavy (non-hydrogen) atoms. The molecule has 212 valence electrons. The van der Waals surface area contributed by atoms with Gasteiger partial charge in [-0.1, -0.05) is 23.7 Å². The highest BCUT2D eigenvalue weighted by atomic mass is 35.5. The number of carbonyl (C=O) groups is 2. The van der Waals surface area contributed by atoms with Gasteiger partial charge in [-0.25, -0.2) is 0 Å². The zero-order valence-electron chi connectivity index (χ0n) is 23.1. The van der Waals surface area contributed by atoms with E-state index in [2.05, 4.69) is 16.7 Å². The number of hydrogen-bond donors (Lipinski definition) is 0. The number of amides is 1. The van der Waals surface area contributed by atoms with Crippen LogP contribution < -0.4 is 9.47 Å². The van der Waals surface area contributed by atoms with Crippen LogP contribution in [0.15, 0.2) is 54.7 Å². The minimum atomic E-state index is -0.151. The van der Waals surface area contributed by atoms with Gasteiger partial charge in [0, 0.05) is 48.4 Å². The second-order valence-electron chi connectivity index (χ2n) is 10.1. The van der Waals surface area contributed by atoms with E-state index in [0.717, 1.165) is 35.3 Å². The summed E-state index contributed by atoms with van der Waals surface area (Å²) < 4.78 is 18.8. The minimum absolute atomic E-state index is 0.105. The molecule has 0 radical (unpaired) electrons. The zero-order valence-corrected chi connectivity index (χ0v) is 24.7. The van der Waals surface area contributed by atoms with E-state index >= 15 is 0 Å². The molecule has 1 aromatic heterocycles. The van der Waals surface area contributed by atoms with Gasteiger partial charge in [-0.15, -0.1) is 11.8 Å². The zero-order chi connectivity index (χ0) is 28.2. The average molecular weight is 583 g/mol. The van der Waals surface area contributed by atoms with Crippen LogP contribution in [0, 0.1) is 5.92 Å². The highest BCUT2D eigenvalue weighted by Crippen LogP contribution is 2.54. The maximum absolute atomic E-state index is 13.7. The lowest BCUT2D eigenvalue weighted by Crippen LogP contribution is -2.39. The lowest BCUT2D eigenvalue weighted by Gasteiger charge is -2.33. The topological polar surface area (TPSA) is 70.0 Å². The number of fused-ring (bicyclic) bond motifs is 3. The van der Waals surface area contributed by atoms with Crippen LogP contribution in [-0.4, -0.2) is 55.3 Å². The Bertz CT molecular complexity index is 1370. The molecule has 3 aromatic rings. The van der Waals surface area contributed by atoms with E-state index in [1.807, 2.05) is 54.4 Å². The van der Waals surface area contributed by atoms with Crippen LogP contribution in [0.5, 0.6) is 11.5 Å². The van der Waals surface area contributed by atoms with Crippen molar-refractivity contribution in [2.45, 2.75) is 43.1 Å². The van der Waals surface area contributed by atoms with Crippen molar-refractivity contribution in [1.82, 2.24) is 9.47 Å². The van der Waals surface area contributed by atoms with Crippen molar-refractivity contribution in [2.24, 2.45) is 5.92 Å². The number of carbonyl (C=O) groups excluding carboxylic acids is 2. The number of aromatic nitrogens is 1. The second-order valence-corrected chi connectivity index (χ2v) is 11.9. The SMILES string of the molecule is CCOC(=O)CC1CCN(C(=O)C[C@H]2S[C@H](c3cccc(OC)c3OC)c3cc(Cl)ccc3-n3cccc32)CC1. The Hall–Kier alpha value is -3.10. The second kappa shape index (κ2) is 12.6. The number of para-hydroxylation sites is 1. The molecule has 1 saturated heterocycles. The van der Waals surface area contributed by atoms with E-state index in [1.54, 1.807) is 26.0 Å². The van der Waals surface area contributed by atoms with Gasteiger partial charge in [-0.2, -0.15) is 0 Å². The number of esters is 1. The molecule has 5 rings (SSSR count). The number of piperidine rings is 1. The summed E-state index contributed by atoms with van der Waals surface area (Å²) in [6, 6.07) is 16.0. The maximum Gasteiger partial charge on any atom is 0.306 e. The van der Waals surface area contributed by atoms with Crippen molar-refractivity contribution < 1.29 is 23.8 Å². The van der Waals surface area contributed by atoms with Gasteiger partial charge in [0.25, 0.3) is 0 Å². The first-order valence-electron chi connectivity index (χ1n) is 13.7. The predicted octanol–water partition coefficient (Wildman–Crippen LogP) is 6.61. The highest BCUT2D eigenvalue weighted by Gasteiger charge is 2.35. The number of halogens is 1. The molecule has 2 aliphatic heterocycles. The summed E-state index contributed by atoms with van der Waals surface area (Å²) in [7, 11) is 3.29. The van der Waals surface area contributed by atoms with Crippen LogP contribution in [0.1, 0.15) is 59.9 Å². The van der Waals surface area contributed by atoms with Crippen LogP contribution in [0.25, 0.3) is 5.69 Å². The van der Waals surface area contributed by atoms with E-state index in [9.17, 15) is 9.59 Å². The van der Waals surface area contributed by atoms with Gasteiger partial charge in [-0.3, -0.25) is 9.59 Å². The summed E-state index contributed by atoms with van der Waals surface area (Å²) in [6.07, 6.45) is 4.46. The molecule has 3 heterocycles. The maximum atomic E-state index is 13.7. The van der Waals surface area contributed by atoms with Crippen LogP contribution in [0.4, 0.5) is 0 Å². The number of methoxy groups -OCH3 is 2. The molecule has 0 aliphatic carbocycles. The molecule has 0 saturated carbocycles. The Labute approximate surface area is 244 Å². The third-order valence-electron chi connectivity index (χ3n) is 7.75. The van der Waals surface area contributed by atoms with Crippen molar-refractivity contribution in [3.8, 4) is 17.2 Å². The summed E-state index contributed by atoms with van der Waals surface area (Å²) in [4.78, 5) is 27.6. The predicted molar refractivity (Wildman–Crippen MR) is 158 cm³/mol. The number of thioether (sulfide) groups is 1. The number of benzene rings is 2. The van der Waals surface area contributed by atoms with Crippen LogP contribution in [-0.2, 0) is 14.3 Å². The molecule has 0 bridgehead atoms. The molecular formula is C31H35ClN2O5S. The van der Waals surface area contributed by atoms with Crippen molar-refractivity contribution in [3.05, 3.63) is 76.6 Å². The smallest absolute Gasteiger partial charge is 0.306 e. The molecule has 2 aromatic carbocycles. The first-order valence-corrected chi connectivity index (χ1v) is 15.0. The van der Waals surface area contributed by atoms with Crippen LogP contribution >= 0.6 is 23.4 Å². The van der Waals surface area contributed by atoms with Gasteiger partial charge in [0.2, 0.25) is 5.91 Å². The van der Waals surface area contributed by atoms with Crippen molar-refractivity contribution in [2.75, 3.05) is 33.9 Å². The van der Waals surface area contributed by atoms with E-state index in [1.165, 1.54) is 0 Å². The molecule has 0 spiro atoms. The van der Waals surface area contributed by atoms with Gasteiger partial charge in [-0.05, 0) is 67.6 Å². The van der Waals surface area contributed by atoms with Crippen LogP contribution in [0.3, 0.4) is 0 Å². The lowest BCUT2D eigenvalue weighted by atomic mass is 9.93. The monoisotopic (exact) mass is 582 g/mol. The Morgan fingerprint density at radius 3 is 2.52 bits per heavy atom. The number of ether oxygens (including phenoxy) is 3. The fraction of sp³-hybridized carbons (Fsp3) is 0.419. The van der Waals surface area contributed by atoms with E-state index < -0.39 is 0 Å². The summed E-state index contributed by atoms with van der Waals surface area (Å²) in [6.45, 7) is 3.54. The average Bonchev–Trinajstić information content (AvgIpc) is 3.40. The van der Waals surface area contributed by atoms with Crippen LogP contribution in [0.2, 0.25) is 5.02 Å². The van der Waals surface area contributed by atoms with Gasteiger partial charge in [0.1, 0.15) is 0 Å². The molecule has 9 heteroatoms. The molecule has 2 aliphatic rings. The first-order chi connectivity index (χ1) is 19.4. The third-order valence-corrected chi connectivity index (χ3v) is 9.50. The molecule has 1 fully saturated rings. The summed E-state index contributed by atoms with van der Waals surface area (Å²) in [5.74, 6) is 1.57. The molecule has 7 nitrogen and oxygen atoms in total. The quantitative estimate of drug-likeness (QED) is 0.278. The molecule has 1 amide bonds. The van der Waals surface area contributed by atoms with Crippen molar-refractivity contribution >= 4 is 35.2 Å². The summed E-state index contributed by atoms with van der Waals surface area (Å²) in [5.41, 5.74) is 4.12. The Kier molecular flexibility index (Phi) is 8.96. The normalized spacial score (nSPS) is 18.9. The summed E-state index contributed by atoms with van der Waals surface area (Å²) in [5, 5.41) is 0.402. The molecule has 0 N–H and O–H groups in total. The van der Waals surface area contributed by atoms with Gasteiger partial charge < -0.3 is 23.7 Å². The van der Waals surface area contributed by atoms with E-state index in [4.69, 9.17) is 25.8 Å². The number of rotatable bonds is 8. The highest BCUT2D eigenvalue weighted by molar-refractivity contribution is 8.00. The Balaban J connectivity index is 1.43. The molecule has 0 unspecified atom stereocenters. The Morgan fingerprint density at radius 2 is 1.80 bits per heavy atom. The minimum Gasteiger partial charge on any atom is -0.493 e. The van der Waals surface area contributed by atoms with Gasteiger partial charge >= 0.3 is 5.97 Å². The first kappa shape index (κ1) is 28.4. The number of hydrogen-bond acceptors (Lipinski definition) is 6.